The monoisotopic (exact) mass is 434 g/mol. The fraction of sp³-hybridized carbons (Fsp3) is 0.261. The molecular formula is C23H22N4O3S. The number of anilines is 2. The van der Waals surface area contributed by atoms with E-state index in [-0.39, 0.29) is 11.5 Å². The molecular weight excluding hydrogens is 412 g/mol. The highest BCUT2D eigenvalue weighted by molar-refractivity contribution is 7.07. The summed E-state index contributed by atoms with van der Waals surface area (Å²) in [7, 11) is 0. The van der Waals surface area contributed by atoms with E-state index in [0.717, 1.165) is 12.1 Å². The standard InChI is InChI=1S/C23H22N4O3S/c1-3-14-5-7-15(8-6-14)26-12-24-23-27(13-26)22(29)20(31-23)19-17-11-16(30-4-2)9-10-18(17)25-21(19)28/h5-11H,3-4,12-13H2,1-2H3,(H,25,28). The van der Waals surface area contributed by atoms with Crippen LogP contribution in [0.1, 0.15) is 25.0 Å². The van der Waals surface area contributed by atoms with Crippen LogP contribution in [0, 0.1) is 0 Å². The van der Waals surface area contributed by atoms with E-state index in [1.54, 1.807) is 4.57 Å². The van der Waals surface area contributed by atoms with Crippen molar-refractivity contribution in [2.45, 2.75) is 26.9 Å². The molecule has 2 aliphatic rings. The summed E-state index contributed by atoms with van der Waals surface area (Å²) in [5.74, 6) is 0.398. The predicted molar refractivity (Wildman–Crippen MR) is 121 cm³/mol. The van der Waals surface area contributed by atoms with Gasteiger partial charge in [-0.1, -0.05) is 30.4 Å². The van der Waals surface area contributed by atoms with Crippen molar-refractivity contribution >= 4 is 34.2 Å². The first-order valence-electron chi connectivity index (χ1n) is 10.3. The third-order valence-corrected chi connectivity index (χ3v) is 6.65. The maximum atomic E-state index is 13.3. The average molecular weight is 435 g/mol. The second-order valence-electron chi connectivity index (χ2n) is 7.42. The normalized spacial score (nSPS) is 16.5. The molecule has 7 nitrogen and oxygen atoms in total. The minimum absolute atomic E-state index is 0.196. The molecule has 3 heterocycles. The van der Waals surface area contributed by atoms with Crippen LogP contribution in [0.3, 0.4) is 0 Å². The highest BCUT2D eigenvalue weighted by Gasteiger charge is 2.28. The second-order valence-corrected chi connectivity index (χ2v) is 8.39. The molecule has 1 N–H and O–H groups in total. The zero-order chi connectivity index (χ0) is 21.5. The fourth-order valence-corrected chi connectivity index (χ4v) is 4.95. The van der Waals surface area contributed by atoms with Crippen molar-refractivity contribution in [3.63, 3.8) is 0 Å². The lowest BCUT2D eigenvalue weighted by Gasteiger charge is -2.25. The predicted octanol–water partition coefficient (Wildman–Crippen LogP) is 2.08. The molecule has 0 radical (unpaired) electrons. The van der Waals surface area contributed by atoms with E-state index in [1.165, 1.54) is 16.9 Å². The molecule has 1 amide bonds. The summed E-state index contributed by atoms with van der Waals surface area (Å²) in [5.41, 5.74) is 3.86. The van der Waals surface area contributed by atoms with Gasteiger partial charge in [0, 0.05) is 16.9 Å². The fourth-order valence-electron chi connectivity index (χ4n) is 3.90. The molecule has 0 aliphatic carbocycles. The number of nitrogens with zero attached hydrogens (tertiary/aromatic N) is 3. The van der Waals surface area contributed by atoms with Gasteiger partial charge in [0.25, 0.3) is 11.5 Å². The van der Waals surface area contributed by atoms with Crippen LogP contribution in [0.15, 0.2) is 52.3 Å². The number of fused-ring (bicyclic) bond motifs is 2. The molecule has 0 spiro atoms. The van der Waals surface area contributed by atoms with Crippen LogP contribution in [0.2, 0.25) is 0 Å². The SMILES string of the molecule is CCOc1ccc2c(c1)C(=c1sc3n(c1=O)CN(c1ccc(CC)cc1)CN=3)C(=O)N2. The Kier molecular flexibility index (Phi) is 4.86. The molecule has 0 atom stereocenters. The van der Waals surface area contributed by atoms with E-state index in [4.69, 9.17) is 4.74 Å². The van der Waals surface area contributed by atoms with Crippen molar-refractivity contribution in [3.8, 4) is 5.75 Å². The molecule has 31 heavy (non-hydrogen) atoms. The summed E-state index contributed by atoms with van der Waals surface area (Å²) in [5, 5.41) is 2.85. The van der Waals surface area contributed by atoms with Gasteiger partial charge in [0.1, 0.15) is 23.6 Å². The number of carbonyl (C=O) groups is 1. The number of hydrogen-bond donors (Lipinski definition) is 1. The largest absolute Gasteiger partial charge is 0.494 e. The van der Waals surface area contributed by atoms with Gasteiger partial charge >= 0.3 is 0 Å². The Hall–Kier alpha value is -3.39. The summed E-state index contributed by atoms with van der Waals surface area (Å²) in [6.45, 7) is 5.43. The minimum Gasteiger partial charge on any atom is -0.494 e. The van der Waals surface area contributed by atoms with Crippen molar-refractivity contribution in [1.29, 1.82) is 0 Å². The lowest BCUT2D eigenvalue weighted by molar-refractivity contribution is -0.110. The molecule has 158 valence electrons. The molecule has 2 aliphatic heterocycles. The number of hydrogen-bond acceptors (Lipinski definition) is 6. The average Bonchev–Trinajstić information content (AvgIpc) is 3.29. The van der Waals surface area contributed by atoms with Gasteiger partial charge in [0.05, 0.1) is 12.2 Å². The van der Waals surface area contributed by atoms with Crippen molar-refractivity contribution in [2.75, 3.05) is 23.5 Å². The molecule has 1 aromatic heterocycles. The maximum absolute atomic E-state index is 13.3. The molecule has 0 saturated heterocycles. The Morgan fingerprint density at radius 2 is 1.94 bits per heavy atom. The van der Waals surface area contributed by atoms with Gasteiger partial charge in [-0.25, -0.2) is 4.99 Å². The Morgan fingerprint density at radius 1 is 1.13 bits per heavy atom. The number of aromatic nitrogens is 1. The van der Waals surface area contributed by atoms with Gasteiger partial charge in [-0.15, -0.1) is 0 Å². The maximum Gasteiger partial charge on any atom is 0.272 e. The first-order valence-corrected chi connectivity index (χ1v) is 11.1. The number of ether oxygens (including phenoxy) is 1. The summed E-state index contributed by atoms with van der Waals surface area (Å²) < 4.78 is 7.63. The number of nitrogens with one attached hydrogen (secondary N) is 1. The third kappa shape index (κ3) is 3.33. The summed E-state index contributed by atoms with van der Waals surface area (Å²) in [6, 6.07) is 13.7. The molecule has 8 heteroatoms. The van der Waals surface area contributed by atoms with Gasteiger partial charge in [-0.2, -0.15) is 0 Å². The summed E-state index contributed by atoms with van der Waals surface area (Å²) in [6.07, 6.45) is 0.981. The smallest absolute Gasteiger partial charge is 0.272 e. The zero-order valence-corrected chi connectivity index (χ0v) is 18.2. The summed E-state index contributed by atoms with van der Waals surface area (Å²) >= 11 is 1.27. The molecule has 0 unspecified atom stereocenters. The van der Waals surface area contributed by atoms with E-state index in [0.29, 0.717) is 51.9 Å². The van der Waals surface area contributed by atoms with Gasteiger partial charge in [0.15, 0.2) is 4.80 Å². The topological polar surface area (TPSA) is 75.9 Å². The van der Waals surface area contributed by atoms with Crippen molar-refractivity contribution in [3.05, 3.63) is 73.3 Å². The van der Waals surface area contributed by atoms with Crippen LogP contribution in [-0.4, -0.2) is 23.7 Å². The van der Waals surface area contributed by atoms with Gasteiger partial charge in [-0.05, 0) is 49.2 Å². The molecule has 3 aromatic rings. The van der Waals surface area contributed by atoms with E-state index >= 15 is 0 Å². The van der Waals surface area contributed by atoms with E-state index in [2.05, 4.69) is 41.5 Å². The van der Waals surface area contributed by atoms with Gasteiger partial charge < -0.3 is 15.0 Å². The molecule has 0 fully saturated rings. The molecule has 0 bridgehead atoms. The third-order valence-electron chi connectivity index (χ3n) is 5.54. The minimum atomic E-state index is -0.271. The lowest BCUT2D eigenvalue weighted by atomic mass is 10.1. The highest BCUT2D eigenvalue weighted by Crippen LogP contribution is 2.33. The summed E-state index contributed by atoms with van der Waals surface area (Å²) in [4.78, 5) is 33.3. The van der Waals surface area contributed by atoms with Crippen LogP contribution in [-0.2, 0) is 17.9 Å². The Balaban J connectivity index is 1.58. The van der Waals surface area contributed by atoms with Crippen molar-refractivity contribution in [2.24, 2.45) is 4.99 Å². The lowest BCUT2D eigenvalue weighted by Crippen LogP contribution is -2.43. The van der Waals surface area contributed by atoms with Crippen molar-refractivity contribution < 1.29 is 9.53 Å². The first kappa shape index (κ1) is 19.6. The van der Waals surface area contributed by atoms with E-state index in [1.807, 2.05) is 30.0 Å². The number of amides is 1. The molecule has 2 aromatic carbocycles. The van der Waals surface area contributed by atoms with E-state index < -0.39 is 0 Å². The Morgan fingerprint density at radius 3 is 2.68 bits per heavy atom. The number of carbonyl (C=O) groups excluding carboxylic acids is 1. The van der Waals surface area contributed by atoms with E-state index in [9.17, 15) is 9.59 Å². The number of aryl methyl sites for hydroxylation is 1. The van der Waals surface area contributed by atoms with Crippen molar-refractivity contribution in [1.82, 2.24) is 4.57 Å². The van der Waals surface area contributed by atoms with Crippen LogP contribution in [0.25, 0.3) is 5.57 Å². The van der Waals surface area contributed by atoms with Gasteiger partial charge in [-0.3, -0.25) is 14.2 Å². The van der Waals surface area contributed by atoms with Crippen LogP contribution >= 0.6 is 11.3 Å². The quantitative estimate of drug-likeness (QED) is 0.682. The first-order chi connectivity index (χ1) is 15.1. The molecule has 0 saturated carbocycles. The van der Waals surface area contributed by atoms with Gasteiger partial charge in [0.2, 0.25) is 0 Å². The molecule has 5 rings (SSSR count). The second kappa shape index (κ2) is 7.70. The van der Waals surface area contributed by atoms with Crippen LogP contribution < -0.4 is 29.8 Å². The number of benzene rings is 2. The zero-order valence-electron chi connectivity index (χ0n) is 17.3. The van der Waals surface area contributed by atoms with Crippen LogP contribution in [0.4, 0.5) is 11.4 Å². The Labute approximate surface area is 182 Å². The number of rotatable bonds is 4. The number of thiazole rings is 1. The highest BCUT2D eigenvalue weighted by atomic mass is 32.1. The Bertz CT molecular complexity index is 1350. The van der Waals surface area contributed by atoms with Crippen LogP contribution in [0.5, 0.6) is 5.75 Å².